The van der Waals surface area contributed by atoms with Crippen molar-refractivity contribution in [1.29, 1.82) is 0 Å². The Morgan fingerprint density at radius 1 is 1.00 bits per heavy atom. The standard InChI is InChI=1S/C24H33NO3.ClH/c1-5-27-22-16-21(17-23(28-6-2)24(22)19(4)26)18(3)25-15-11-10-14-20-12-8-7-9-13-20;/h7-9,12-13,16-18,25H,5-6,10-11,14-15H2,1-4H3;1H. The Bertz CT molecular complexity index is 722. The summed E-state index contributed by atoms with van der Waals surface area (Å²) in [6.07, 6.45) is 3.37. The van der Waals surface area contributed by atoms with Gasteiger partial charge in [-0.1, -0.05) is 30.3 Å². The Morgan fingerprint density at radius 3 is 2.10 bits per heavy atom. The summed E-state index contributed by atoms with van der Waals surface area (Å²) >= 11 is 0. The van der Waals surface area contributed by atoms with Gasteiger partial charge in [-0.2, -0.15) is 0 Å². The predicted octanol–water partition coefficient (Wildman–Crippen LogP) is 5.78. The van der Waals surface area contributed by atoms with Crippen molar-refractivity contribution >= 4 is 18.2 Å². The fourth-order valence-electron chi connectivity index (χ4n) is 3.28. The third-order valence-corrected chi connectivity index (χ3v) is 4.73. The molecule has 0 aliphatic carbocycles. The molecule has 1 N–H and O–H groups in total. The number of aryl methyl sites for hydroxylation is 1. The minimum Gasteiger partial charge on any atom is -0.493 e. The molecule has 2 aromatic carbocycles. The second-order valence-corrected chi connectivity index (χ2v) is 6.93. The van der Waals surface area contributed by atoms with Gasteiger partial charge < -0.3 is 14.8 Å². The Labute approximate surface area is 181 Å². The summed E-state index contributed by atoms with van der Waals surface area (Å²) in [6.45, 7) is 9.49. The molecule has 4 nitrogen and oxygen atoms in total. The lowest BCUT2D eigenvalue weighted by molar-refractivity contribution is 0.101. The Balaban J connectivity index is 0.00000420. The predicted molar refractivity (Wildman–Crippen MR) is 122 cm³/mol. The summed E-state index contributed by atoms with van der Waals surface area (Å²) in [4.78, 5) is 12.1. The van der Waals surface area contributed by atoms with E-state index in [0.29, 0.717) is 30.3 Å². The van der Waals surface area contributed by atoms with E-state index in [-0.39, 0.29) is 24.2 Å². The Kier molecular flexibility index (Phi) is 11.4. The zero-order chi connectivity index (χ0) is 20.4. The fraction of sp³-hybridized carbons (Fsp3) is 0.458. The van der Waals surface area contributed by atoms with Crippen LogP contribution in [-0.4, -0.2) is 25.5 Å². The van der Waals surface area contributed by atoms with Gasteiger partial charge in [0.2, 0.25) is 0 Å². The number of unbranched alkanes of at least 4 members (excludes halogenated alkanes) is 1. The number of hydrogen-bond donors (Lipinski definition) is 1. The van der Waals surface area contributed by atoms with Crippen LogP contribution in [0, 0.1) is 0 Å². The van der Waals surface area contributed by atoms with E-state index < -0.39 is 0 Å². The molecule has 0 saturated heterocycles. The van der Waals surface area contributed by atoms with Gasteiger partial charge in [0.15, 0.2) is 5.78 Å². The van der Waals surface area contributed by atoms with E-state index in [1.165, 1.54) is 5.56 Å². The first kappa shape index (κ1) is 25.0. The summed E-state index contributed by atoms with van der Waals surface area (Å²) < 4.78 is 11.5. The van der Waals surface area contributed by atoms with Crippen LogP contribution in [0.1, 0.15) is 68.1 Å². The van der Waals surface area contributed by atoms with Crippen LogP contribution >= 0.6 is 12.4 Å². The normalized spacial score (nSPS) is 11.4. The zero-order valence-corrected chi connectivity index (χ0v) is 18.8. The highest BCUT2D eigenvalue weighted by Gasteiger charge is 2.19. The van der Waals surface area contributed by atoms with Crippen molar-refractivity contribution in [1.82, 2.24) is 5.32 Å². The minimum absolute atomic E-state index is 0. The quantitative estimate of drug-likeness (QED) is 0.350. The topological polar surface area (TPSA) is 47.6 Å². The molecule has 0 radical (unpaired) electrons. The van der Waals surface area contributed by atoms with Gasteiger partial charge >= 0.3 is 0 Å². The lowest BCUT2D eigenvalue weighted by atomic mass is 10.0. The number of rotatable bonds is 12. The molecule has 0 bridgehead atoms. The second kappa shape index (κ2) is 13.2. The van der Waals surface area contributed by atoms with Gasteiger partial charge in [-0.3, -0.25) is 4.79 Å². The molecule has 160 valence electrons. The van der Waals surface area contributed by atoms with Gasteiger partial charge in [-0.25, -0.2) is 0 Å². The number of Topliss-reactive ketones (excluding diaryl/α,β-unsaturated/α-hetero) is 1. The van der Waals surface area contributed by atoms with E-state index >= 15 is 0 Å². The molecule has 0 aliphatic rings. The van der Waals surface area contributed by atoms with Crippen LogP contribution in [0.3, 0.4) is 0 Å². The summed E-state index contributed by atoms with van der Waals surface area (Å²) in [5, 5.41) is 3.58. The molecule has 0 fully saturated rings. The molecule has 1 unspecified atom stereocenters. The summed E-state index contributed by atoms with van der Waals surface area (Å²) in [6, 6.07) is 14.7. The van der Waals surface area contributed by atoms with E-state index in [4.69, 9.17) is 9.47 Å². The average molecular weight is 420 g/mol. The van der Waals surface area contributed by atoms with Crippen LogP contribution in [0.15, 0.2) is 42.5 Å². The summed E-state index contributed by atoms with van der Waals surface area (Å²) in [7, 11) is 0. The van der Waals surface area contributed by atoms with Gasteiger partial charge in [-0.05, 0) is 76.8 Å². The van der Waals surface area contributed by atoms with Gasteiger partial charge in [0.05, 0.1) is 13.2 Å². The first-order chi connectivity index (χ1) is 13.6. The molecule has 0 heterocycles. The number of hydrogen-bond acceptors (Lipinski definition) is 4. The molecule has 5 heteroatoms. The highest BCUT2D eigenvalue weighted by molar-refractivity contribution is 5.99. The maximum atomic E-state index is 12.1. The van der Waals surface area contributed by atoms with Gasteiger partial charge in [0.25, 0.3) is 0 Å². The van der Waals surface area contributed by atoms with Crippen molar-refractivity contribution in [3.05, 3.63) is 59.2 Å². The van der Waals surface area contributed by atoms with Crippen LogP contribution in [0.5, 0.6) is 11.5 Å². The first-order valence-electron chi connectivity index (χ1n) is 10.3. The summed E-state index contributed by atoms with van der Waals surface area (Å²) in [5.41, 5.74) is 2.99. The maximum absolute atomic E-state index is 12.1. The third-order valence-electron chi connectivity index (χ3n) is 4.73. The molecule has 29 heavy (non-hydrogen) atoms. The molecule has 0 saturated carbocycles. The van der Waals surface area contributed by atoms with E-state index in [1.807, 2.05) is 26.0 Å². The van der Waals surface area contributed by atoms with E-state index in [1.54, 1.807) is 6.92 Å². The molecular weight excluding hydrogens is 386 g/mol. The molecule has 0 aromatic heterocycles. The molecule has 2 rings (SSSR count). The van der Waals surface area contributed by atoms with Crippen molar-refractivity contribution in [2.24, 2.45) is 0 Å². The Morgan fingerprint density at radius 2 is 1.59 bits per heavy atom. The maximum Gasteiger partial charge on any atom is 0.167 e. The first-order valence-corrected chi connectivity index (χ1v) is 10.3. The largest absolute Gasteiger partial charge is 0.493 e. The van der Waals surface area contributed by atoms with E-state index in [2.05, 4.69) is 42.6 Å². The van der Waals surface area contributed by atoms with E-state index in [9.17, 15) is 4.79 Å². The van der Waals surface area contributed by atoms with Crippen molar-refractivity contribution < 1.29 is 14.3 Å². The molecule has 1 atom stereocenters. The Hall–Kier alpha value is -2.04. The number of nitrogens with one attached hydrogen (secondary N) is 1. The van der Waals surface area contributed by atoms with Gasteiger partial charge in [-0.15, -0.1) is 12.4 Å². The number of carbonyl (C=O) groups excluding carboxylic acids is 1. The zero-order valence-electron chi connectivity index (χ0n) is 18.0. The van der Waals surface area contributed by atoms with Crippen molar-refractivity contribution in [3.8, 4) is 11.5 Å². The van der Waals surface area contributed by atoms with Crippen LogP contribution in [0.2, 0.25) is 0 Å². The number of carbonyl (C=O) groups is 1. The molecular formula is C24H34ClNO3. The number of ether oxygens (including phenoxy) is 2. The molecule has 2 aromatic rings. The monoisotopic (exact) mass is 419 g/mol. The second-order valence-electron chi connectivity index (χ2n) is 6.93. The number of ketones is 1. The highest BCUT2D eigenvalue weighted by Crippen LogP contribution is 2.33. The lowest BCUT2D eigenvalue weighted by Crippen LogP contribution is -2.20. The molecule has 0 aliphatic heterocycles. The smallest absolute Gasteiger partial charge is 0.167 e. The minimum atomic E-state index is -0.0417. The van der Waals surface area contributed by atoms with Crippen molar-refractivity contribution in [2.45, 2.75) is 53.0 Å². The molecule has 0 spiro atoms. The highest BCUT2D eigenvalue weighted by atomic mass is 35.5. The van der Waals surface area contributed by atoms with Crippen LogP contribution in [-0.2, 0) is 6.42 Å². The SMILES string of the molecule is CCOc1cc(C(C)NCCCCc2ccccc2)cc(OCC)c1C(C)=O.Cl. The van der Waals surface area contributed by atoms with Gasteiger partial charge in [0, 0.05) is 6.04 Å². The third kappa shape index (κ3) is 7.71. The number of benzene rings is 2. The lowest BCUT2D eigenvalue weighted by Gasteiger charge is -2.20. The van der Waals surface area contributed by atoms with Crippen LogP contribution < -0.4 is 14.8 Å². The number of halogens is 1. The van der Waals surface area contributed by atoms with Gasteiger partial charge in [0.1, 0.15) is 17.1 Å². The van der Waals surface area contributed by atoms with E-state index in [0.717, 1.165) is 31.4 Å². The average Bonchev–Trinajstić information content (AvgIpc) is 2.68. The fourth-order valence-corrected chi connectivity index (χ4v) is 3.28. The molecule has 0 amide bonds. The van der Waals surface area contributed by atoms with Crippen molar-refractivity contribution in [2.75, 3.05) is 19.8 Å². The summed E-state index contributed by atoms with van der Waals surface area (Å²) in [5.74, 6) is 1.17. The van der Waals surface area contributed by atoms with Crippen LogP contribution in [0.4, 0.5) is 0 Å². The van der Waals surface area contributed by atoms with Crippen LogP contribution in [0.25, 0.3) is 0 Å². The van der Waals surface area contributed by atoms with Crippen molar-refractivity contribution in [3.63, 3.8) is 0 Å².